The molecular weight excluding hydrogens is 866 g/mol. The fraction of sp³-hybridized carbons (Fsp3) is 0.360. The molecule has 4 aromatic carbocycles. The third-order valence-electron chi connectivity index (χ3n) is 11.0. The topological polar surface area (TPSA) is 157 Å². The van der Waals surface area contributed by atoms with E-state index in [-0.39, 0.29) is 35.4 Å². The SMILES string of the molecule is CCCCCCCCCNc1ccc([C@H]2CNCCO2)cc1F.Cn1nc(-c2ccccc2)cc1C(=O)O.O=C(Nc1ccc(C2CNCCO2)cc1Cl)c1cnn(-c2ccc(F)cc2)c1. The largest absolute Gasteiger partial charge is 0.477 e. The van der Waals surface area contributed by atoms with Gasteiger partial charge in [0.15, 0.2) is 0 Å². The van der Waals surface area contributed by atoms with Gasteiger partial charge in [0.25, 0.3) is 5.91 Å². The average Bonchev–Trinajstić information content (AvgIpc) is 4.00. The van der Waals surface area contributed by atoms with Crippen LogP contribution in [0.3, 0.4) is 0 Å². The Morgan fingerprint density at radius 2 is 1.45 bits per heavy atom. The summed E-state index contributed by atoms with van der Waals surface area (Å²) in [7, 11) is 1.62. The first-order chi connectivity index (χ1) is 32.1. The van der Waals surface area contributed by atoms with Crippen LogP contribution in [0, 0.1) is 11.6 Å². The van der Waals surface area contributed by atoms with E-state index in [2.05, 4.69) is 38.4 Å². The van der Waals surface area contributed by atoms with Gasteiger partial charge in [-0.15, -0.1) is 0 Å². The van der Waals surface area contributed by atoms with Gasteiger partial charge in [-0.2, -0.15) is 10.2 Å². The molecule has 13 nitrogen and oxygen atoms in total. The first-order valence-corrected chi connectivity index (χ1v) is 22.9. The van der Waals surface area contributed by atoms with E-state index >= 15 is 0 Å². The second-order valence-electron chi connectivity index (χ2n) is 16.0. The minimum atomic E-state index is -0.966. The van der Waals surface area contributed by atoms with E-state index in [0.717, 1.165) is 55.8 Å². The van der Waals surface area contributed by atoms with Crippen molar-refractivity contribution in [1.29, 1.82) is 0 Å². The summed E-state index contributed by atoms with van der Waals surface area (Å²) in [6.07, 6.45) is 11.9. The summed E-state index contributed by atoms with van der Waals surface area (Å²) in [6, 6.07) is 27.8. The number of amides is 1. The van der Waals surface area contributed by atoms with Crippen molar-refractivity contribution >= 4 is 34.9 Å². The van der Waals surface area contributed by atoms with Crippen LogP contribution in [-0.4, -0.2) is 82.5 Å². The van der Waals surface area contributed by atoms with E-state index in [9.17, 15) is 18.4 Å². The number of aromatic nitrogens is 4. The van der Waals surface area contributed by atoms with Crippen molar-refractivity contribution in [3.63, 3.8) is 0 Å². The molecule has 0 spiro atoms. The molecule has 0 saturated carbocycles. The van der Waals surface area contributed by atoms with Crippen molar-refractivity contribution < 1.29 is 33.0 Å². The lowest BCUT2D eigenvalue weighted by molar-refractivity contribution is 0.0275. The lowest BCUT2D eigenvalue weighted by Crippen LogP contribution is -2.33. The van der Waals surface area contributed by atoms with Crippen LogP contribution in [0.5, 0.6) is 0 Å². The van der Waals surface area contributed by atoms with Crippen molar-refractivity contribution in [2.75, 3.05) is 56.6 Å². The maximum atomic E-state index is 14.2. The van der Waals surface area contributed by atoms with Crippen molar-refractivity contribution in [3.05, 3.63) is 148 Å². The van der Waals surface area contributed by atoms with Gasteiger partial charge in [0.2, 0.25) is 0 Å². The predicted molar refractivity (Wildman–Crippen MR) is 255 cm³/mol. The van der Waals surface area contributed by atoms with Crippen LogP contribution >= 0.6 is 11.6 Å². The van der Waals surface area contributed by atoms with Gasteiger partial charge in [-0.05, 0) is 72.1 Å². The molecule has 0 bridgehead atoms. The van der Waals surface area contributed by atoms with Crippen LogP contribution < -0.4 is 21.3 Å². The molecule has 16 heteroatoms. The number of nitrogens with one attached hydrogen (secondary N) is 4. The van der Waals surface area contributed by atoms with Crippen LogP contribution in [-0.2, 0) is 16.5 Å². The molecule has 6 aromatic rings. The summed E-state index contributed by atoms with van der Waals surface area (Å²) in [6.45, 7) is 7.60. The fourth-order valence-electron chi connectivity index (χ4n) is 7.36. The highest BCUT2D eigenvalue weighted by Crippen LogP contribution is 2.29. The number of rotatable bonds is 16. The van der Waals surface area contributed by atoms with Crippen molar-refractivity contribution in [1.82, 2.24) is 30.2 Å². The number of aryl methyl sites for hydroxylation is 1. The molecule has 2 aliphatic heterocycles. The number of morpholine rings is 2. The van der Waals surface area contributed by atoms with Crippen LogP contribution in [0.15, 0.2) is 109 Å². The number of nitrogens with zero attached hydrogens (tertiary/aromatic N) is 4. The molecule has 66 heavy (non-hydrogen) atoms. The average molecular weight is 926 g/mol. The molecular formula is C50H59ClF2N8O5. The van der Waals surface area contributed by atoms with Gasteiger partial charge >= 0.3 is 5.97 Å². The molecule has 2 aliphatic rings. The number of benzene rings is 4. The second-order valence-corrected chi connectivity index (χ2v) is 16.4. The number of ether oxygens (including phenoxy) is 2. The van der Waals surface area contributed by atoms with Crippen molar-refractivity contribution in [3.8, 4) is 16.9 Å². The maximum Gasteiger partial charge on any atom is 0.354 e. The molecule has 350 valence electrons. The predicted octanol–water partition coefficient (Wildman–Crippen LogP) is 10.0. The molecule has 2 saturated heterocycles. The summed E-state index contributed by atoms with van der Waals surface area (Å²) >= 11 is 6.35. The zero-order chi connectivity index (χ0) is 46.7. The number of carboxylic acids is 1. The number of hydrogen-bond donors (Lipinski definition) is 5. The van der Waals surface area contributed by atoms with Crippen LogP contribution in [0.1, 0.15) is 96.1 Å². The zero-order valence-corrected chi connectivity index (χ0v) is 38.2. The van der Waals surface area contributed by atoms with Crippen LogP contribution in [0.25, 0.3) is 16.9 Å². The summed E-state index contributed by atoms with van der Waals surface area (Å²) in [5.41, 5.74) is 5.78. The highest BCUT2D eigenvalue weighted by atomic mass is 35.5. The standard InChI is InChI=1S/C20H18ClFN4O2.C19H31FN2O.C11H10N2O2/c21-17-9-13(19-11-23-7-8-28-19)1-6-18(17)25-20(27)14-10-24-26(12-14)16-4-2-15(22)3-5-16;1-2-3-4-5-6-7-8-11-22-18-10-9-16(14-17(18)20)19-15-21-12-13-23-19;1-13-10(11(14)15)7-9(12-13)8-5-3-2-4-6-8/h1-6,9-10,12,19,23H,7-8,11H2,(H,25,27);9-10,14,19,21-22H,2-8,11-13,15H2,1H3;2-7H,1H3,(H,14,15)/t;19-;/m.1./s1. The Hall–Kier alpha value is -5.97. The molecule has 2 atom stereocenters. The molecule has 0 aliphatic carbocycles. The number of carboxylic acid groups (broad SMARTS) is 1. The van der Waals surface area contributed by atoms with E-state index in [1.165, 1.54) is 66.2 Å². The fourth-order valence-corrected chi connectivity index (χ4v) is 7.60. The Labute approximate surface area is 389 Å². The quantitative estimate of drug-likeness (QED) is 0.0592. The van der Waals surface area contributed by atoms with Crippen LogP contribution in [0.2, 0.25) is 5.02 Å². The molecule has 2 fully saturated rings. The Balaban J connectivity index is 0.000000171. The molecule has 8 rings (SSSR count). The third-order valence-corrected chi connectivity index (χ3v) is 11.3. The lowest BCUT2D eigenvalue weighted by atomic mass is 10.1. The molecule has 5 N–H and O–H groups in total. The van der Waals surface area contributed by atoms with Crippen molar-refractivity contribution in [2.24, 2.45) is 7.05 Å². The first-order valence-electron chi connectivity index (χ1n) is 22.5. The van der Waals surface area contributed by atoms with Gasteiger partial charge in [0.05, 0.1) is 65.0 Å². The molecule has 0 radical (unpaired) electrons. The second kappa shape index (κ2) is 25.7. The monoisotopic (exact) mass is 924 g/mol. The summed E-state index contributed by atoms with van der Waals surface area (Å²) < 4.78 is 41.5. The van der Waals surface area contributed by atoms with Gasteiger partial charge in [0, 0.05) is 51.5 Å². The Kier molecular flexibility index (Phi) is 19.2. The van der Waals surface area contributed by atoms with Gasteiger partial charge < -0.3 is 35.8 Å². The summed E-state index contributed by atoms with van der Waals surface area (Å²) in [5, 5.41) is 30.1. The van der Waals surface area contributed by atoms with Crippen LogP contribution in [0.4, 0.5) is 20.2 Å². The number of carbonyl (C=O) groups excluding carboxylic acids is 1. The van der Waals surface area contributed by atoms with Gasteiger partial charge in [-0.1, -0.05) is 99.5 Å². The van der Waals surface area contributed by atoms with E-state index in [1.807, 2.05) is 48.5 Å². The Bertz CT molecular complexity index is 2440. The Morgan fingerprint density at radius 1 is 0.818 bits per heavy atom. The number of carbonyl (C=O) groups is 2. The number of halogens is 3. The Morgan fingerprint density at radius 3 is 2.05 bits per heavy atom. The smallest absolute Gasteiger partial charge is 0.354 e. The highest BCUT2D eigenvalue weighted by molar-refractivity contribution is 6.34. The van der Waals surface area contributed by atoms with E-state index in [1.54, 1.807) is 49.6 Å². The number of unbranched alkanes of at least 4 members (excludes halogenated alkanes) is 6. The third kappa shape index (κ3) is 14.8. The number of aromatic carboxylic acids is 1. The molecule has 4 heterocycles. The maximum absolute atomic E-state index is 14.2. The number of anilines is 2. The van der Waals surface area contributed by atoms with Crippen molar-refractivity contribution in [2.45, 2.75) is 64.1 Å². The molecule has 1 amide bonds. The minimum absolute atomic E-state index is 0.0320. The zero-order valence-electron chi connectivity index (χ0n) is 37.4. The molecule has 2 aromatic heterocycles. The highest BCUT2D eigenvalue weighted by Gasteiger charge is 2.19. The van der Waals surface area contributed by atoms with Gasteiger partial charge in [-0.25, -0.2) is 18.3 Å². The summed E-state index contributed by atoms with van der Waals surface area (Å²) in [4.78, 5) is 23.3. The lowest BCUT2D eigenvalue weighted by Gasteiger charge is -2.24. The van der Waals surface area contributed by atoms with Gasteiger partial charge in [-0.3, -0.25) is 9.48 Å². The summed E-state index contributed by atoms with van der Waals surface area (Å²) in [5.74, 6) is -1.81. The van der Waals surface area contributed by atoms with E-state index in [0.29, 0.717) is 46.6 Å². The van der Waals surface area contributed by atoms with E-state index in [4.69, 9.17) is 26.2 Å². The molecule has 1 unspecified atom stereocenters. The minimum Gasteiger partial charge on any atom is -0.477 e. The normalized spacial score (nSPS) is 15.7. The number of hydrogen-bond acceptors (Lipinski definition) is 9. The van der Waals surface area contributed by atoms with Gasteiger partial charge in [0.1, 0.15) is 17.3 Å². The van der Waals surface area contributed by atoms with E-state index < -0.39 is 5.97 Å². The first kappa shape index (κ1) is 49.5.